The predicted molar refractivity (Wildman–Crippen MR) is 57.7 cm³/mol. The van der Waals surface area contributed by atoms with Crippen molar-refractivity contribution in [2.24, 2.45) is 0 Å². The lowest BCUT2D eigenvalue weighted by atomic mass is 10.0. The number of benzene rings is 1. The third-order valence-electron chi connectivity index (χ3n) is 2.26. The van der Waals surface area contributed by atoms with E-state index in [4.69, 9.17) is 9.84 Å². The van der Waals surface area contributed by atoms with Gasteiger partial charge in [0.25, 0.3) is 0 Å². The van der Waals surface area contributed by atoms with Crippen LogP contribution in [0.1, 0.15) is 31.7 Å². The molecule has 3 heteroatoms. The molecule has 0 amide bonds. The van der Waals surface area contributed by atoms with Crippen molar-refractivity contribution in [3.05, 3.63) is 29.6 Å². The molecule has 0 fully saturated rings. The van der Waals surface area contributed by atoms with Crippen LogP contribution in [0, 0.1) is 5.82 Å². The predicted octanol–water partition coefficient (Wildman–Crippen LogP) is 2.71. The maximum atomic E-state index is 13.8. The molecule has 1 N–H and O–H groups in total. The van der Waals surface area contributed by atoms with E-state index in [1.54, 1.807) is 25.1 Å². The fourth-order valence-electron chi connectivity index (χ4n) is 1.33. The molecule has 1 rings (SSSR count). The van der Waals surface area contributed by atoms with Crippen molar-refractivity contribution in [2.75, 3.05) is 13.2 Å². The molecule has 0 aliphatic carbocycles. The number of hydrogen-bond donors (Lipinski definition) is 1. The molecule has 0 saturated heterocycles. The first-order valence-electron chi connectivity index (χ1n) is 5.22. The van der Waals surface area contributed by atoms with E-state index in [0.717, 1.165) is 6.42 Å². The van der Waals surface area contributed by atoms with E-state index in [1.807, 2.05) is 6.92 Å². The molecule has 1 aromatic carbocycles. The monoisotopic (exact) mass is 212 g/mol. The maximum absolute atomic E-state index is 13.8. The summed E-state index contributed by atoms with van der Waals surface area (Å²) < 4.78 is 19.1. The van der Waals surface area contributed by atoms with Crippen LogP contribution in [0.3, 0.4) is 0 Å². The molecule has 0 aromatic heterocycles. The Bertz CT molecular complexity index is 312. The van der Waals surface area contributed by atoms with E-state index < -0.39 is 0 Å². The minimum absolute atomic E-state index is 0.0614. The molecule has 1 aromatic rings. The van der Waals surface area contributed by atoms with Gasteiger partial charge in [0.15, 0.2) is 11.6 Å². The zero-order chi connectivity index (χ0) is 11.3. The van der Waals surface area contributed by atoms with E-state index in [2.05, 4.69) is 0 Å². The average Bonchev–Trinajstić information content (AvgIpc) is 2.27. The fraction of sp³-hybridized carbons (Fsp3) is 0.500. The summed E-state index contributed by atoms with van der Waals surface area (Å²) in [6.45, 7) is 4.20. The highest BCUT2D eigenvalue weighted by molar-refractivity contribution is 5.33. The Morgan fingerprint density at radius 1 is 1.47 bits per heavy atom. The topological polar surface area (TPSA) is 29.5 Å². The molecule has 1 atom stereocenters. The van der Waals surface area contributed by atoms with Gasteiger partial charge in [0.05, 0.1) is 6.61 Å². The van der Waals surface area contributed by atoms with Crippen molar-refractivity contribution in [1.29, 1.82) is 0 Å². The third kappa shape index (κ3) is 2.93. The number of rotatable bonds is 5. The van der Waals surface area contributed by atoms with Crippen molar-refractivity contribution in [1.82, 2.24) is 0 Å². The zero-order valence-corrected chi connectivity index (χ0v) is 9.16. The summed E-state index contributed by atoms with van der Waals surface area (Å²) in [5.74, 6) is -0.280. The highest BCUT2D eigenvalue weighted by Crippen LogP contribution is 2.26. The van der Waals surface area contributed by atoms with Crippen LogP contribution in [0.25, 0.3) is 0 Å². The highest BCUT2D eigenvalue weighted by Gasteiger charge is 2.13. The zero-order valence-electron chi connectivity index (χ0n) is 9.16. The van der Waals surface area contributed by atoms with Crippen LogP contribution in [-0.2, 0) is 0 Å². The molecule has 0 radical (unpaired) electrons. The molecule has 2 nitrogen and oxygen atoms in total. The van der Waals surface area contributed by atoms with Crippen molar-refractivity contribution < 1.29 is 14.2 Å². The molecular weight excluding hydrogens is 195 g/mol. The quantitative estimate of drug-likeness (QED) is 0.813. The molecule has 15 heavy (non-hydrogen) atoms. The smallest absolute Gasteiger partial charge is 0.168 e. The molecule has 0 bridgehead atoms. The highest BCUT2D eigenvalue weighted by atomic mass is 19.1. The lowest BCUT2D eigenvalue weighted by Gasteiger charge is -2.13. The summed E-state index contributed by atoms with van der Waals surface area (Å²) >= 11 is 0. The average molecular weight is 212 g/mol. The van der Waals surface area contributed by atoms with Gasteiger partial charge < -0.3 is 9.84 Å². The SMILES string of the molecule is CCCOc1cccc(C(C)CO)c1F. The standard InChI is InChI=1S/C12H17FO2/c1-3-7-15-11-6-4-5-10(12(11)13)9(2)8-14/h4-6,9,14H,3,7-8H2,1-2H3. The molecule has 1 unspecified atom stereocenters. The van der Waals surface area contributed by atoms with E-state index >= 15 is 0 Å². The summed E-state index contributed by atoms with van der Waals surface area (Å²) in [6.07, 6.45) is 0.846. The number of ether oxygens (including phenoxy) is 1. The molecule has 0 heterocycles. The number of aliphatic hydroxyl groups excluding tert-OH is 1. The van der Waals surface area contributed by atoms with Gasteiger partial charge in [-0.25, -0.2) is 4.39 Å². The summed E-state index contributed by atoms with van der Waals surface area (Å²) in [5.41, 5.74) is 0.506. The van der Waals surface area contributed by atoms with Gasteiger partial charge in [0.2, 0.25) is 0 Å². The Morgan fingerprint density at radius 2 is 2.20 bits per heavy atom. The van der Waals surface area contributed by atoms with Crippen molar-refractivity contribution in [2.45, 2.75) is 26.2 Å². The lowest BCUT2D eigenvalue weighted by molar-refractivity contribution is 0.266. The fourth-order valence-corrected chi connectivity index (χ4v) is 1.33. The first-order valence-corrected chi connectivity index (χ1v) is 5.22. The van der Waals surface area contributed by atoms with Crippen molar-refractivity contribution in [3.8, 4) is 5.75 Å². The van der Waals surface area contributed by atoms with E-state index in [9.17, 15) is 4.39 Å². The Labute approximate surface area is 89.7 Å². The van der Waals surface area contributed by atoms with Crippen LogP contribution in [0.2, 0.25) is 0 Å². The van der Waals surface area contributed by atoms with Crippen molar-refractivity contribution >= 4 is 0 Å². The molecule has 84 valence electrons. The van der Waals surface area contributed by atoms with E-state index in [0.29, 0.717) is 12.2 Å². The summed E-state index contributed by atoms with van der Waals surface area (Å²) in [6, 6.07) is 5.03. The summed E-state index contributed by atoms with van der Waals surface area (Å²) in [4.78, 5) is 0. The molecular formula is C12H17FO2. The second-order valence-corrected chi connectivity index (χ2v) is 3.59. The maximum Gasteiger partial charge on any atom is 0.168 e. The van der Waals surface area contributed by atoms with Gasteiger partial charge in [0.1, 0.15) is 0 Å². The number of halogens is 1. The third-order valence-corrected chi connectivity index (χ3v) is 2.26. The second-order valence-electron chi connectivity index (χ2n) is 3.59. The van der Waals surface area contributed by atoms with Crippen LogP contribution in [0.15, 0.2) is 18.2 Å². The minimum atomic E-state index is -0.354. The molecule has 0 aliphatic rings. The van der Waals surface area contributed by atoms with E-state index in [1.165, 1.54) is 0 Å². The van der Waals surface area contributed by atoms with Gasteiger partial charge in [0, 0.05) is 12.5 Å². The Kier molecular flexibility index (Phi) is 4.56. The Balaban J connectivity index is 2.90. The Hall–Kier alpha value is -1.09. The summed E-state index contributed by atoms with van der Waals surface area (Å²) in [7, 11) is 0. The molecule has 0 saturated carbocycles. The van der Waals surface area contributed by atoms with Crippen molar-refractivity contribution in [3.63, 3.8) is 0 Å². The van der Waals surface area contributed by atoms with Crippen LogP contribution in [-0.4, -0.2) is 18.3 Å². The second kappa shape index (κ2) is 5.71. The molecule has 0 aliphatic heterocycles. The lowest BCUT2D eigenvalue weighted by Crippen LogP contribution is -2.05. The number of aliphatic hydroxyl groups is 1. The van der Waals surface area contributed by atoms with Gasteiger partial charge in [-0.3, -0.25) is 0 Å². The van der Waals surface area contributed by atoms with Gasteiger partial charge >= 0.3 is 0 Å². The normalized spacial score (nSPS) is 12.5. The largest absolute Gasteiger partial charge is 0.491 e. The molecule has 0 spiro atoms. The Morgan fingerprint density at radius 3 is 2.80 bits per heavy atom. The van der Waals surface area contributed by atoms with Crippen LogP contribution >= 0.6 is 0 Å². The van der Waals surface area contributed by atoms with Gasteiger partial charge in [-0.1, -0.05) is 26.0 Å². The number of hydrogen-bond acceptors (Lipinski definition) is 2. The van der Waals surface area contributed by atoms with Crippen LogP contribution < -0.4 is 4.74 Å². The van der Waals surface area contributed by atoms with E-state index in [-0.39, 0.29) is 24.1 Å². The summed E-state index contributed by atoms with van der Waals surface area (Å²) in [5, 5.41) is 8.97. The first kappa shape index (κ1) is 12.0. The van der Waals surface area contributed by atoms with Gasteiger partial charge in [-0.2, -0.15) is 0 Å². The van der Waals surface area contributed by atoms with Gasteiger partial charge in [-0.15, -0.1) is 0 Å². The first-order chi connectivity index (χ1) is 7.20. The van der Waals surface area contributed by atoms with Gasteiger partial charge in [-0.05, 0) is 18.1 Å². The minimum Gasteiger partial charge on any atom is -0.491 e. The van der Waals surface area contributed by atoms with Crippen LogP contribution in [0.4, 0.5) is 4.39 Å². The van der Waals surface area contributed by atoms with Crippen LogP contribution in [0.5, 0.6) is 5.75 Å².